The number of nitrogens with one attached hydrogen (secondary N) is 2. The summed E-state index contributed by atoms with van der Waals surface area (Å²) in [5, 5.41) is 14.1. The Bertz CT molecular complexity index is 568. The predicted octanol–water partition coefficient (Wildman–Crippen LogP) is 3.22. The molecule has 6 nitrogen and oxygen atoms in total. The van der Waals surface area contributed by atoms with Crippen LogP contribution in [0.1, 0.15) is 32.6 Å². The van der Waals surface area contributed by atoms with Gasteiger partial charge in [-0.05, 0) is 69.0 Å². The molecule has 0 bridgehead atoms. The summed E-state index contributed by atoms with van der Waals surface area (Å²) in [6, 6.07) is 8.68. The fourth-order valence-electron chi connectivity index (χ4n) is 3.08. The van der Waals surface area contributed by atoms with Gasteiger partial charge >= 0.3 is 6.03 Å². The van der Waals surface area contributed by atoms with Crippen LogP contribution in [-0.2, 0) is 0 Å². The molecule has 1 atom stereocenters. The van der Waals surface area contributed by atoms with Crippen LogP contribution in [0.4, 0.5) is 10.5 Å². The Hall–Kier alpha value is -2.26. The fourth-order valence-corrected chi connectivity index (χ4v) is 3.08. The number of carbonyl (C=O) groups excluding carboxylic acids is 1. The number of urea groups is 1. The summed E-state index contributed by atoms with van der Waals surface area (Å²) in [6.07, 6.45) is 4.75. The van der Waals surface area contributed by atoms with E-state index in [0.29, 0.717) is 18.0 Å². The summed E-state index contributed by atoms with van der Waals surface area (Å²) in [6.45, 7) is 6.56. The number of anilines is 1. The van der Waals surface area contributed by atoms with Crippen molar-refractivity contribution >= 4 is 11.7 Å². The second kappa shape index (κ2) is 10.6. The number of hydrogen-bond donors (Lipinski definition) is 2. The highest BCUT2D eigenvalue weighted by Crippen LogP contribution is 2.16. The maximum absolute atomic E-state index is 11.9. The third-order valence-electron chi connectivity index (χ3n) is 4.34. The van der Waals surface area contributed by atoms with Crippen LogP contribution in [-0.4, -0.2) is 43.7 Å². The van der Waals surface area contributed by atoms with Gasteiger partial charge in [-0.2, -0.15) is 5.26 Å². The number of likely N-dealkylation sites (tertiary alicyclic amines) is 1. The molecule has 136 valence electrons. The first kappa shape index (κ1) is 19.1. The highest BCUT2D eigenvalue weighted by atomic mass is 16.5. The van der Waals surface area contributed by atoms with Crippen LogP contribution in [0.25, 0.3) is 0 Å². The van der Waals surface area contributed by atoms with Crippen molar-refractivity contribution in [1.82, 2.24) is 10.2 Å². The van der Waals surface area contributed by atoms with E-state index in [2.05, 4.69) is 22.5 Å². The zero-order valence-electron chi connectivity index (χ0n) is 15.0. The van der Waals surface area contributed by atoms with E-state index >= 15 is 0 Å². The largest absolute Gasteiger partial charge is 0.479 e. The number of amides is 2. The minimum atomic E-state index is -0.197. The average molecular weight is 344 g/mol. The number of hydrogen-bond acceptors (Lipinski definition) is 4. The van der Waals surface area contributed by atoms with Crippen LogP contribution < -0.4 is 15.4 Å². The molecule has 0 spiro atoms. The summed E-state index contributed by atoms with van der Waals surface area (Å²) in [5.41, 5.74) is 0.698. The summed E-state index contributed by atoms with van der Waals surface area (Å²) in [4.78, 5) is 14.4. The van der Waals surface area contributed by atoms with Crippen LogP contribution in [0.15, 0.2) is 24.3 Å². The maximum Gasteiger partial charge on any atom is 0.319 e. The number of benzene rings is 1. The number of carbonyl (C=O) groups is 1. The molecule has 2 amide bonds. The molecule has 0 aliphatic carbocycles. The molecule has 1 saturated heterocycles. The molecule has 6 heteroatoms. The quantitative estimate of drug-likeness (QED) is 0.710. The van der Waals surface area contributed by atoms with E-state index in [1.165, 1.54) is 25.9 Å². The summed E-state index contributed by atoms with van der Waals surface area (Å²) >= 11 is 0. The van der Waals surface area contributed by atoms with Gasteiger partial charge in [0.05, 0.1) is 0 Å². The van der Waals surface area contributed by atoms with Gasteiger partial charge in [0.2, 0.25) is 0 Å². The van der Waals surface area contributed by atoms with Gasteiger partial charge in [-0.15, -0.1) is 0 Å². The molecule has 0 radical (unpaired) electrons. The van der Waals surface area contributed by atoms with E-state index in [1.54, 1.807) is 24.3 Å². The Morgan fingerprint density at radius 1 is 1.36 bits per heavy atom. The Labute approximate surface area is 150 Å². The Kier molecular flexibility index (Phi) is 8.06. The van der Waals surface area contributed by atoms with Crippen LogP contribution in [0.5, 0.6) is 5.75 Å². The lowest BCUT2D eigenvalue weighted by Crippen LogP contribution is -2.35. The molecule has 1 fully saturated rings. The third-order valence-corrected chi connectivity index (χ3v) is 4.34. The number of piperidine rings is 1. The number of nitriles is 1. The number of rotatable bonds is 8. The molecular formula is C19H28N4O2. The second-order valence-electron chi connectivity index (χ2n) is 6.61. The molecule has 2 rings (SSSR count). The minimum Gasteiger partial charge on any atom is -0.479 e. The van der Waals surface area contributed by atoms with E-state index in [-0.39, 0.29) is 12.6 Å². The highest BCUT2D eigenvalue weighted by Gasteiger charge is 2.15. The van der Waals surface area contributed by atoms with E-state index in [1.807, 2.05) is 6.07 Å². The first-order valence-electron chi connectivity index (χ1n) is 9.04. The lowest BCUT2D eigenvalue weighted by molar-refractivity contribution is 0.181. The van der Waals surface area contributed by atoms with Crippen molar-refractivity contribution < 1.29 is 9.53 Å². The monoisotopic (exact) mass is 344 g/mol. The minimum absolute atomic E-state index is 0.0175. The summed E-state index contributed by atoms with van der Waals surface area (Å²) < 4.78 is 5.17. The molecule has 1 aliphatic heterocycles. The Morgan fingerprint density at radius 2 is 2.16 bits per heavy atom. The predicted molar refractivity (Wildman–Crippen MR) is 98.6 cm³/mol. The molecule has 0 unspecified atom stereocenters. The Balaban J connectivity index is 1.57. The zero-order chi connectivity index (χ0) is 17.9. The van der Waals surface area contributed by atoms with E-state index < -0.39 is 0 Å². The van der Waals surface area contributed by atoms with Crippen LogP contribution in [0.3, 0.4) is 0 Å². The van der Waals surface area contributed by atoms with Crippen molar-refractivity contribution in [2.24, 2.45) is 5.92 Å². The van der Waals surface area contributed by atoms with Gasteiger partial charge in [-0.1, -0.05) is 6.92 Å². The van der Waals surface area contributed by atoms with Crippen molar-refractivity contribution in [3.05, 3.63) is 24.3 Å². The molecule has 0 saturated carbocycles. The fraction of sp³-hybridized carbons (Fsp3) is 0.579. The van der Waals surface area contributed by atoms with Gasteiger partial charge in [0.15, 0.2) is 6.61 Å². The molecular weight excluding hydrogens is 316 g/mol. The third kappa shape index (κ3) is 7.44. The maximum atomic E-state index is 11.9. The van der Waals surface area contributed by atoms with E-state index in [9.17, 15) is 4.79 Å². The van der Waals surface area contributed by atoms with Gasteiger partial charge < -0.3 is 20.3 Å². The van der Waals surface area contributed by atoms with Crippen LogP contribution in [0, 0.1) is 17.2 Å². The highest BCUT2D eigenvalue weighted by molar-refractivity contribution is 5.89. The van der Waals surface area contributed by atoms with E-state index in [0.717, 1.165) is 25.3 Å². The normalized spacial score (nSPS) is 17.5. The zero-order valence-corrected chi connectivity index (χ0v) is 15.0. The summed E-state index contributed by atoms with van der Waals surface area (Å²) in [7, 11) is 0. The lowest BCUT2D eigenvalue weighted by Gasteiger charge is -2.30. The molecule has 2 N–H and O–H groups in total. The van der Waals surface area contributed by atoms with Gasteiger partial charge in [0.1, 0.15) is 11.8 Å². The van der Waals surface area contributed by atoms with Crippen molar-refractivity contribution in [1.29, 1.82) is 5.26 Å². The number of unbranched alkanes of at least 4 members (excludes halogenated alkanes) is 1. The molecule has 25 heavy (non-hydrogen) atoms. The van der Waals surface area contributed by atoms with Crippen molar-refractivity contribution in [2.75, 3.05) is 38.1 Å². The standard InChI is InChI=1S/C19H28N4O2/c1-16-5-4-13-23(15-16)12-3-2-11-21-19(24)22-17-6-8-18(9-7-17)25-14-10-20/h6-9,16H,2-5,11-15H2,1H3,(H2,21,22,24)/t16-/m0/s1. The molecule has 0 aromatic heterocycles. The summed E-state index contributed by atoms with van der Waals surface area (Å²) in [5.74, 6) is 1.42. The first-order chi connectivity index (χ1) is 12.2. The molecule has 1 heterocycles. The molecule has 1 aromatic rings. The second-order valence-corrected chi connectivity index (χ2v) is 6.61. The van der Waals surface area contributed by atoms with E-state index in [4.69, 9.17) is 10.00 Å². The van der Waals surface area contributed by atoms with Crippen molar-refractivity contribution in [2.45, 2.75) is 32.6 Å². The smallest absolute Gasteiger partial charge is 0.319 e. The lowest BCUT2D eigenvalue weighted by atomic mass is 10.0. The van der Waals surface area contributed by atoms with Gasteiger partial charge in [-0.3, -0.25) is 0 Å². The Morgan fingerprint density at radius 3 is 2.88 bits per heavy atom. The van der Waals surface area contributed by atoms with Crippen LogP contribution >= 0.6 is 0 Å². The first-order valence-corrected chi connectivity index (χ1v) is 9.04. The topological polar surface area (TPSA) is 77.4 Å². The van der Waals surface area contributed by atoms with Crippen molar-refractivity contribution in [3.8, 4) is 11.8 Å². The number of ether oxygens (including phenoxy) is 1. The van der Waals surface area contributed by atoms with Gasteiger partial charge in [0, 0.05) is 18.8 Å². The molecule has 1 aliphatic rings. The van der Waals surface area contributed by atoms with Crippen molar-refractivity contribution in [3.63, 3.8) is 0 Å². The number of nitrogens with zero attached hydrogens (tertiary/aromatic N) is 2. The van der Waals surface area contributed by atoms with Crippen LogP contribution in [0.2, 0.25) is 0 Å². The van der Waals surface area contributed by atoms with Gasteiger partial charge in [0.25, 0.3) is 0 Å². The molecule has 1 aromatic carbocycles. The van der Waals surface area contributed by atoms with Gasteiger partial charge in [-0.25, -0.2) is 4.79 Å². The SMILES string of the molecule is C[C@H]1CCCN(CCCCNC(=O)Nc2ccc(OCC#N)cc2)C1. The average Bonchev–Trinajstić information content (AvgIpc) is 2.61.